The molecule has 0 heterocycles. The van der Waals surface area contributed by atoms with Crippen LogP contribution in [0.5, 0.6) is 0 Å². The molecule has 6 heteroatoms. The van der Waals surface area contributed by atoms with Gasteiger partial charge in [-0.1, -0.05) is 18.2 Å². The molecule has 1 amide bonds. The highest BCUT2D eigenvalue weighted by molar-refractivity contribution is 7.92. The second-order valence-electron chi connectivity index (χ2n) is 4.82. The summed E-state index contributed by atoms with van der Waals surface area (Å²) < 4.78 is 27.3. The molecule has 2 aromatic rings. The fourth-order valence-electron chi connectivity index (χ4n) is 1.94. The van der Waals surface area contributed by atoms with E-state index in [0.717, 1.165) is 5.56 Å². The first-order valence-electron chi connectivity index (χ1n) is 6.29. The molecule has 0 aliphatic carbocycles. The van der Waals surface area contributed by atoms with Crippen LogP contribution < -0.4 is 10.5 Å². The summed E-state index contributed by atoms with van der Waals surface area (Å²) >= 11 is 0. The lowest BCUT2D eigenvalue weighted by molar-refractivity contribution is 0.100. The van der Waals surface area contributed by atoms with Crippen LogP contribution in [0.3, 0.4) is 0 Å². The quantitative estimate of drug-likeness (QED) is 0.907. The molecular weight excluding hydrogens is 288 g/mol. The monoisotopic (exact) mass is 304 g/mol. The molecule has 2 aromatic carbocycles. The van der Waals surface area contributed by atoms with Crippen molar-refractivity contribution in [2.75, 3.05) is 4.72 Å². The van der Waals surface area contributed by atoms with Gasteiger partial charge in [0.25, 0.3) is 10.0 Å². The Hall–Kier alpha value is -2.34. The first-order valence-corrected chi connectivity index (χ1v) is 7.78. The maximum absolute atomic E-state index is 12.4. The minimum Gasteiger partial charge on any atom is -0.366 e. The lowest BCUT2D eigenvalue weighted by Crippen LogP contribution is -2.16. The number of benzene rings is 2. The number of primary amides is 1. The molecule has 0 atom stereocenters. The zero-order valence-corrected chi connectivity index (χ0v) is 12.6. The predicted octanol–water partition coefficient (Wildman–Crippen LogP) is 2.20. The summed E-state index contributed by atoms with van der Waals surface area (Å²) in [5, 5.41) is 0. The Labute approximate surface area is 123 Å². The zero-order valence-electron chi connectivity index (χ0n) is 11.8. The number of nitrogens with two attached hydrogens (primary N) is 1. The van der Waals surface area contributed by atoms with Crippen LogP contribution in [0.15, 0.2) is 47.4 Å². The number of hydrogen-bond acceptors (Lipinski definition) is 3. The molecule has 3 N–H and O–H groups in total. The van der Waals surface area contributed by atoms with Gasteiger partial charge < -0.3 is 5.73 Å². The van der Waals surface area contributed by atoms with Gasteiger partial charge in [0.15, 0.2) is 0 Å². The molecular formula is C15H16N2O3S. The Kier molecular flexibility index (Phi) is 3.99. The smallest absolute Gasteiger partial charge is 0.262 e. The van der Waals surface area contributed by atoms with E-state index in [1.54, 1.807) is 31.2 Å². The molecule has 0 saturated heterocycles. The molecule has 0 fully saturated rings. The molecule has 0 unspecified atom stereocenters. The molecule has 0 radical (unpaired) electrons. The van der Waals surface area contributed by atoms with Crippen molar-refractivity contribution in [2.24, 2.45) is 5.73 Å². The van der Waals surface area contributed by atoms with Crippen LogP contribution in [0.2, 0.25) is 0 Å². The van der Waals surface area contributed by atoms with Crippen LogP contribution in [0, 0.1) is 13.8 Å². The van der Waals surface area contributed by atoms with Crippen molar-refractivity contribution in [1.82, 2.24) is 0 Å². The maximum atomic E-state index is 12.4. The van der Waals surface area contributed by atoms with E-state index >= 15 is 0 Å². The standard InChI is InChI=1S/C15H16N2O3S/c1-10-6-7-11(2)14(8-10)21(19,20)17-13-5-3-4-12(9-13)15(16)18/h3-9,17H,1-2H3,(H2,16,18). The summed E-state index contributed by atoms with van der Waals surface area (Å²) in [7, 11) is -3.71. The van der Waals surface area contributed by atoms with E-state index in [-0.39, 0.29) is 10.5 Å². The van der Waals surface area contributed by atoms with Crippen LogP contribution in [-0.4, -0.2) is 14.3 Å². The number of anilines is 1. The average Bonchev–Trinajstić information content (AvgIpc) is 2.41. The Morgan fingerprint density at radius 1 is 1.10 bits per heavy atom. The lowest BCUT2D eigenvalue weighted by Gasteiger charge is -2.11. The predicted molar refractivity (Wildman–Crippen MR) is 81.7 cm³/mol. The lowest BCUT2D eigenvalue weighted by atomic mass is 10.2. The van der Waals surface area contributed by atoms with E-state index in [2.05, 4.69) is 4.72 Å². The summed E-state index contributed by atoms with van der Waals surface area (Å²) in [5.41, 5.74) is 7.24. The third-order valence-electron chi connectivity index (χ3n) is 3.03. The number of aryl methyl sites for hydroxylation is 2. The normalized spacial score (nSPS) is 11.1. The van der Waals surface area contributed by atoms with Gasteiger partial charge in [0.1, 0.15) is 0 Å². The Balaban J connectivity index is 2.40. The fourth-order valence-corrected chi connectivity index (χ4v) is 3.32. The topological polar surface area (TPSA) is 89.3 Å². The summed E-state index contributed by atoms with van der Waals surface area (Å²) in [6.45, 7) is 3.56. The van der Waals surface area contributed by atoms with Gasteiger partial charge >= 0.3 is 0 Å². The van der Waals surface area contributed by atoms with Crippen molar-refractivity contribution in [3.8, 4) is 0 Å². The van der Waals surface area contributed by atoms with Crippen LogP contribution in [0.25, 0.3) is 0 Å². The molecule has 0 bridgehead atoms. The largest absolute Gasteiger partial charge is 0.366 e. The minimum atomic E-state index is -3.71. The van der Waals surface area contributed by atoms with Crippen molar-refractivity contribution in [3.05, 3.63) is 59.2 Å². The van der Waals surface area contributed by atoms with Crippen LogP contribution in [0.4, 0.5) is 5.69 Å². The van der Waals surface area contributed by atoms with Gasteiger partial charge in [-0.05, 0) is 49.2 Å². The van der Waals surface area contributed by atoms with E-state index in [1.165, 1.54) is 12.1 Å². The summed E-state index contributed by atoms with van der Waals surface area (Å²) in [5.74, 6) is -0.609. The molecule has 5 nitrogen and oxygen atoms in total. The number of nitrogens with one attached hydrogen (secondary N) is 1. The van der Waals surface area contributed by atoms with E-state index < -0.39 is 15.9 Å². The number of sulfonamides is 1. The number of hydrogen-bond donors (Lipinski definition) is 2. The van der Waals surface area contributed by atoms with Crippen LogP contribution in [0.1, 0.15) is 21.5 Å². The summed E-state index contributed by atoms with van der Waals surface area (Å²) in [4.78, 5) is 11.3. The summed E-state index contributed by atoms with van der Waals surface area (Å²) in [6.07, 6.45) is 0. The number of amides is 1. The molecule has 0 aromatic heterocycles. The molecule has 0 aliphatic rings. The van der Waals surface area contributed by atoms with Crippen molar-refractivity contribution < 1.29 is 13.2 Å². The van der Waals surface area contributed by atoms with Gasteiger partial charge in [-0.3, -0.25) is 9.52 Å². The average molecular weight is 304 g/mol. The van der Waals surface area contributed by atoms with Gasteiger partial charge in [0.2, 0.25) is 5.91 Å². The molecule has 0 spiro atoms. The first-order chi connectivity index (χ1) is 9.79. The Bertz CT molecular complexity index is 798. The third kappa shape index (κ3) is 3.41. The van der Waals surface area contributed by atoms with Crippen molar-refractivity contribution in [1.29, 1.82) is 0 Å². The van der Waals surface area contributed by atoms with Gasteiger partial charge in [-0.15, -0.1) is 0 Å². The molecule has 0 aliphatic heterocycles. The van der Waals surface area contributed by atoms with E-state index in [9.17, 15) is 13.2 Å². The van der Waals surface area contributed by atoms with Crippen LogP contribution >= 0.6 is 0 Å². The van der Waals surface area contributed by atoms with Gasteiger partial charge in [-0.2, -0.15) is 0 Å². The van der Waals surface area contributed by atoms with E-state index in [4.69, 9.17) is 5.73 Å². The Morgan fingerprint density at radius 3 is 2.48 bits per heavy atom. The second kappa shape index (κ2) is 5.57. The molecule has 21 heavy (non-hydrogen) atoms. The van der Waals surface area contributed by atoms with Gasteiger partial charge in [-0.25, -0.2) is 8.42 Å². The second-order valence-corrected chi connectivity index (χ2v) is 6.47. The highest BCUT2D eigenvalue weighted by atomic mass is 32.2. The van der Waals surface area contributed by atoms with Crippen molar-refractivity contribution in [3.63, 3.8) is 0 Å². The minimum absolute atomic E-state index is 0.215. The number of carbonyl (C=O) groups excluding carboxylic acids is 1. The SMILES string of the molecule is Cc1ccc(C)c(S(=O)(=O)Nc2cccc(C(N)=O)c2)c1. The number of rotatable bonds is 4. The van der Waals surface area contributed by atoms with Crippen molar-refractivity contribution in [2.45, 2.75) is 18.7 Å². The summed E-state index contributed by atoms with van der Waals surface area (Å²) in [6, 6.07) is 11.3. The van der Waals surface area contributed by atoms with Crippen molar-refractivity contribution >= 4 is 21.6 Å². The van der Waals surface area contributed by atoms with E-state index in [0.29, 0.717) is 11.3 Å². The van der Waals surface area contributed by atoms with E-state index in [1.807, 2.05) is 13.0 Å². The molecule has 110 valence electrons. The van der Waals surface area contributed by atoms with Gasteiger partial charge in [0, 0.05) is 11.3 Å². The van der Waals surface area contributed by atoms with Crippen LogP contribution in [-0.2, 0) is 10.0 Å². The molecule has 2 rings (SSSR count). The fraction of sp³-hybridized carbons (Fsp3) is 0.133. The van der Waals surface area contributed by atoms with Gasteiger partial charge in [0.05, 0.1) is 4.90 Å². The highest BCUT2D eigenvalue weighted by Crippen LogP contribution is 2.21. The third-order valence-corrected chi connectivity index (χ3v) is 4.56. The highest BCUT2D eigenvalue weighted by Gasteiger charge is 2.17. The first kappa shape index (κ1) is 15.1. The Morgan fingerprint density at radius 2 is 1.81 bits per heavy atom. The molecule has 0 saturated carbocycles. The zero-order chi connectivity index (χ0) is 15.6. The maximum Gasteiger partial charge on any atom is 0.262 e. The number of carbonyl (C=O) groups is 1.